The second kappa shape index (κ2) is 10.1. The summed E-state index contributed by atoms with van der Waals surface area (Å²) in [6.07, 6.45) is -1.11. The lowest BCUT2D eigenvalue weighted by molar-refractivity contribution is -0.180. The Hall–Kier alpha value is -2.43. The lowest BCUT2D eigenvalue weighted by Gasteiger charge is -2.22. The maximum Gasteiger partial charge on any atom is 0.398 e. The quantitative estimate of drug-likeness (QED) is 0.403. The number of hydrogen-bond donors (Lipinski definition) is 1. The number of rotatable bonds is 10. The third-order valence-corrected chi connectivity index (χ3v) is 5.09. The zero-order valence-electron chi connectivity index (χ0n) is 18.1. The first-order chi connectivity index (χ1) is 14.0. The van der Waals surface area contributed by atoms with Crippen LogP contribution in [0, 0.1) is 5.82 Å². The zero-order valence-corrected chi connectivity index (χ0v) is 18.1. The number of alkyl halides is 2. The molecule has 0 aliphatic carbocycles. The van der Waals surface area contributed by atoms with Gasteiger partial charge in [-0.1, -0.05) is 45.9 Å². The van der Waals surface area contributed by atoms with Crippen molar-refractivity contribution in [3.8, 4) is 11.5 Å². The van der Waals surface area contributed by atoms with E-state index in [1.54, 1.807) is 18.2 Å². The van der Waals surface area contributed by atoms with Crippen LogP contribution < -0.4 is 4.74 Å². The highest BCUT2D eigenvalue weighted by molar-refractivity contribution is 5.49. The van der Waals surface area contributed by atoms with Crippen molar-refractivity contribution in [2.24, 2.45) is 0 Å². The lowest BCUT2D eigenvalue weighted by Crippen LogP contribution is -2.25. The summed E-state index contributed by atoms with van der Waals surface area (Å²) in [4.78, 5) is 0. The highest BCUT2D eigenvalue weighted by Gasteiger charge is 2.32. The molecule has 2 aromatic carbocycles. The third kappa shape index (κ3) is 6.28. The number of phenols is 1. The van der Waals surface area contributed by atoms with Crippen LogP contribution in [0.3, 0.4) is 0 Å². The molecule has 0 aliphatic heterocycles. The van der Waals surface area contributed by atoms with E-state index >= 15 is 0 Å². The summed E-state index contributed by atoms with van der Waals surface area (Å²) in [7, 11) is 0. The highest BCUT2D eigenvalue weighted by Crippen LogP contribution is 2.39. The first kappa shape index (κ1) is 23.8. The van der Waals surface area contributed by atoms with Gasteiger partial charge in [0.15, 0.2) is 0 Å². The molecule has 0 saturated carbocycles. The van der Waals surface area contributed by atoms with Crippen LogP contribution in [-0.2, 0) is 12.8 Å². The van der Waals surface area contributed by atoms with E-state index in [-0.39, 0.29) is 35.3 Å². The van der Waals surface area contributed by atoms with Gasteiger partial charge in [-0.2, -0.15) is 8.78 Å². The molecular formula is C25H31F3O2. The van der Waals surface area contributed by atoms with Gasteiger partial charge < -0.3 is 9.84 Å². The molecule has 2 aromatic rings. The fourth-order valence-electron chi connectivity index (χ4n) is 3.31. The maximum absolute atomic E-state index is 14.5. The van der Waals surface area contributed by atoms with Gasteiger partial charge in [-0.3, -0.25) is 0 Å². The van der Waals surface area contributed by atoms with Crippen LogP contribution in [0.5, 0.6) is 11.5 Å². The first-order valence-corrected chi connectivity index (χ1v) is 10.4. The van der Waals surface area contributed by atoms with E-state index in [0.29, 0.717) is 17.5 Å². The first-order valence-electron chi connectivity index (χ1n) is 10.4. The van der Waals surface area contributed by atoms with Gasteiger partial charge in [0.2, 0.25) is 0 Å². The number of aryl methyl sites for hydroxylation is 2. The van der Waals surface area contributed by atoms with Crippen LogP contribution in [0.4, 0.5) is 13.2 Å². The Kier molecular flexibility index (Phi) is 7.99. The lowest BCUT2D eigenvalue weighted by atomic mass is 9.93. The van der Waals surface area contributed by atoms with Gasteiger partial charge in [-0.25, -0.2) is 4.39 Å². The SMILES string of the molecule is C=CCCc1ccc(CCC(F)(F)Oc2cc(C(C)C)c(O)c(C(C)C)c2)c(F)c1. The Morgan fingerprint density at radius 1 is 1.03 bits per heavy atom. The minimum absolute atomic E-state index is 0.00504. The van der Waals surface area contributed by atoms with E-state index in [1.165, 1.54) is 18.2 Å². The molecular weight excluding hydrogens is 389 g/mol. The van der Waals surface area contributed by atoms with Gasteiger partial charge in [-0.05, 0) is 60.4 Å². The molecule has 0 spiro atoms. The summed E-state index contributed by atoms with van der Waals surface area (Å²) < 4.78 is 48.3. The number of benzene rings is 2. The molecule has 1 N–H and O–H groups in total. The summed E-state index contributed by atoms with van der Waals surface area (Å²) in [6, 6.07) is 7.61. The van der Waals surface area contributed by atoms with E-state index < -0.39 is 18.3 Å². The van der Waals surface area contributed by atoms with Crippen molar-refractivity contribution in [3.63, 3.8) is 0 Å². The van der Waals surface area contributed by atoms with Crippen LogP contribution in [0.15, 0.2) is 43.0 Å². The van der Waals surface area contributed by atoms with Crippen molar-refractivity contribution in [3.05, 3.63) is 71.1 Å². The summed E-state index contributed by atoms with van der Waals surface area (Å²) >= 11 is 0. The molecule has 30 heavy (non-hydrogen) atoms. The summed E-state index contributed by atoms with van der Waals surface area (Å²) in [5, 5.41) is 10.4. The number of aromatic hydroxyl groups is 1. The molecule has 2 nitrogen and oxygen atoms in total. The highest BCUT2D eigenvalue weighted by atomic mass is 19.3. The average Bonchev–Trinajstić information content (AvgIpc) is 2.66. The van der Waals surface area contributed by atoms with Crippen molar-refractivity contribution in [1.82, 2.24) is 0 Å². The molecule has 0 heterocycles. The summed E-state index contributed by atoms with van der Waals surface area (Å²) in [5.74, 6) is -0.456. The van der Waals surface area contributed by atoms with Crippen LogP contribution >= 0.6 is 0 Å². The number of allylic oxidation sites excluding steroid dienone is 1. The third-order valence-electron chi connectivity index (χ3n) is 5.09. The number of phenolic OH excluding ortho intramolecular Hbond substituents is 1. The van der Waals surface area contributed by atoms with Crippen molar-refractivity contribution in [1.29, 1.82) is 0 Å². The molecule has 0 amide bonds. The minimum Gasteiger partial charge on any atom is -0.507 e. The fraction of sp³-hybridized carbons (Fsp3) is 0.440. The van der Waals surface area contributed by atoms with E-state index in [9.17, 15) is 18.3 Å². The Morgan fingerprint density at radius 3 is 2.13 bits per heavy atom. The molecule has 0 saturated heterocycles. The van der Waals surface area contributed by atoms with Gasteiger partial charge in [0, 0.05) is 11.1 Å². The Bertz CT molecular complexity index is 844. The van der Waals surface area contributed by atoms with Crippen molar-refractivity contribution in [2.45, 2.75) is 71.3 Å². The molecule has 0 fully saturated rings. The maximum atomic E-state index is 14.5. The van der Waals surface area contributed by atoms with Gasteiger partial charge in [0.05, 0.1) is 6.42 Å². The Labute approximate surface area is 177 Å². The molecule has 5 heteroatoms. The van der Waals surface area contributed by atoms with Gasteiger partial charge >= 0.3 is 6.11 Å². The second-order valence-electron chi connectivity index (χ2n) is 8.25. The molecule has 0 radical (unpaired) electrons. The van der Waals surface area contributed by atoms with Crippen molar-refractivity contribution < 1.29 is 23.0 Å². The monoisotopic (exact) mass is 420 g/mol. The van der Waals surface area contributed by atoms with Crippen LogP contribution in [0.25, 0.3) is 0 Å². The van der Waals surface area contributed by atoms with Crippen LogP contribution in [0.1, 0.15) is 74.6 Å². The van der Waals surface area contributed by atoms with E-state index in [0.717, 1.165) is 12.0 Å². The smallest absolute Gasteiger partial charge is 0.398 e. The molecule has 0 bridgehead atoms. The Balaban J connectivity index is 2.14. The summed E-state index contributed by atoms with van der Waals surface area (Å²) in [5.41, 5.74) is 2.17. The van der Waals surface area contributed by atoms with Gasteiger partial charge in [0.1, 0.15) is 17.3 Å². The predicted molar refractivity (Wildman–Crippen MR) is 115 cm³/mol. The molecule has 0 unspecified atom stereocenters. The minimum atomic E-state index is -3.46. The second-order valence-corrected chi connectivity index (χ2v) is 8.25. The Morgan fingerprint density at radius 2 is 1.63 bits per heavy atom. The average molecular weight is 421 g/mol. The van der Waals surface area contributed by atoms with E-state index in [2.05, 4.69) is 6.58 Å². The predicted octanol–water partition coefficient (Wildman–Crippen LogP) is 7.50. The van der Waals surface area contributed by atoms with E-state index in [1.807, 2.05) is 27.7 Å². The number of halogens is 3. The molecule has 0 aliphatic rings. The number of ether oxygens (including phenoxy) is 1. The summed E-state index contributed by atoms with van der Waals surface area (Å²) in [6.45, 7) is 11.1. The normalized spacial score (nSPS) is 11.9. The molecule has 0 atom stereocenters. The zero-order chi connectivity index (χ0) is 22.5. The standard InChI is InChI=1S/C25H31F3O2/c1-6-7-8-18-9-10-19(23(26)13-18)11-12-25(27,28)30-20-14-21(16(2)3)24(29)22(15-20)17(4)5/h6,9-10,13-17,29H,1,7-8,11-12H2,2-5H3. The molecule has 2 rings (SSSR count). The van der Waals surface area contributed by atoms with Crippen LogP contribution in [-0.4, -0.2) is 11.2 Å². The molecule has 0 aromatic heterocycles. The van der Waals surface area contributed by atoms with Crippen molar-refractivity contribution in [2.75, 3.05) is 0 Å². The fourth-order valence-corrected chi connectivity index (χ4v) is 3.31. The largest absolute Gasteiger partial charge is 0.507 e. The van der Waals surface area contributed by atoms with Crippen molar-refractivity contribution >= 4 is 0 Å². The number of hydrogen-bond acceptors (Lipinski definition) is 2. The van der Waals surface area contributed by atoms with Gasteiger partial charge in [-0.15, -0.1) is 6.58 Å². The van der Waals surface area contributed by atoms with Crippen LogP contribution in [0.2, 0.25) is 0 Å². The van der Waals surface area contributed by atoms with E-state index in [4.69, 9.17) is 4.74 Å². The van der Waals surface area contributed by atoms with Gasteiger partial charge in [0.25, 0.3) is 0 Å². The molecule has 164 valence electrons. The topological polar surface area (TPSA) is 29.5 Å².